The van der Waals surface area contributed by atoms with Crippen LogP contribution in [0.15, 0.2) is 15.9 Å². The van der Waals surface area contributed by atoms with Gasteiger partial charge < -0.3 is 10.5 Å². The van der Waals surface area contributed by atoms with E-state index in [4.69, 9.17) is 10.5 Å². The molecule has 0 aliphatic heterocycles. The van der Waals surface area contributed by atoms with Gasteiger partial charge in [0.15, 0.2) is 0 Å². The Kier molecular flexibility index (Phi) is 4.05. The van der Waals surface area contributed by atoms with E-state index in [0.717, 1.165) is 10.4 Å². The van der Waals surface area contributed by atoms with Crippen molar-refractivity contribution in [1.82, 2.24) is 0 Å². The molecule has 1 aromatic heterocycles. The summed E-state index contributed by atoms with van der Waals surface area (Å²) in [5, 5.41) is 2.11. The Labute approximate surface area is 140 Å². The maximum absolute atomic E-state index is 6.61. The van der Waals surface area contributed by atoms with Crippen molar-refractivity contribution >= 4 is 27.3 Å². The second-order valence-electron chi connectivity index (χ2n) is 7.68. The highest BCUT2D eigenvalue weighted by atomic mass is 79.9. The zero-order valence-electron chi connectivity index (χ0n) is 13.4. The van der Waals surface area contributed by atoms with Crippen LogP contribution in [0.2, 0.25) is 0 Å². The van der Waals surface area contributed by atoms with E-state index in [-0.39, 0.29) is 12.1 Å². The Balaban J connectivity index is 1.82. The smallest absolute Gasteiger partial charge is 0.107 e. The van der Waals surface area contributed by atoms with Crippen LogP contribution in [0.1, 0.15) is 57.9 Å². The van der Waals surface area contributed by atoms with Crippen LogP contribution in [0.4, 0.5) is 0 Å². The molecule has 1 heterocycles. The SMILES string of the molecule is CC(N)C(OC1CC2CCC1(C)C2(C)C)c1cc(Br)cs1. The van der Waals surface area contributed by atoms with E-state index >= 15 is 0 Å². The van der Waals surface area contributed by atoms with Crippen molar-refractivity contribution in [2.24, 2.45) is 22.5 Å². The largest absolute Gasteiger partial charge is 0.367 e. The van der Waals surface area contributed by atoms with Crippen molar-refractivity contribution in [3.8, 4) is 0 Å². The summed E-state index contributed by atoms with van der Waals surface area (Å²) in [5.74, 6) is 0.802. The predicted molar refractivity (Wildman–Crippen MR) is 92.5 cm³/mol. The fourth-order valence-corrected chi connectivity index (χ4v) is 6.04. The molecular weight excluding hydrogens is 346 g/mol. The average molecular weight is 372 g/mol. The number of hydrogen-bond acceptors (Lipinski definition) is 3. The maximum Gasteiger partial charge on any atom is 0.107 e. The Hall–Kier alpha value is 0.1000. The average Bonchev–Trinajstić information content (AvgIpc) is 2.96. The summed E-state index contributed by atoms with van der Waals surface area (Å²) >= 11 is 5.27. The first-order valence-corrected chi connectivity index (χ1v) is 9.58. The molecule has 4 heteroatoms. The quantitative estimate of drug-likeness (QED) is 0.795. The lowest BCUT2D eigenvalue weighted by Crippen LogP contribution is -2.40. The standard InChI is InChI=1S/C17H26BrNOS/c1-10(19)15(13-8-12(18)9-21-13)20-14-7-11-5-6-17(14,4)16(11,2)3/h8-11,14-15H,5-7,19H2,1-4H3. The van der Waals surface area contributed by atoms with Crippen LogP contribution in [0, 0.1) is 16.7 Å². The molecule has 2 bridgehead atoms. The molecule has 0 aromatic carbocycles. The van der Waals surface area contributed by atoms with Gasteiger partial charge in [0.05, 0.1) is 6.10 Å². The summed E-state index contributed by atoms with van der Waals surface area (Å²) in [5.41, 5.74) is 6.91. The maximum atomic E-state index is 6.61. The fourth-order valence-electron chi connectivity index (χ4n) is 4.44. The summed E-state index contributed by atoms with van der Waals surface area (Å²) < 4.78 is 7.73. The van der Waals surface area contributed by atoms with Gasteiger partial charge in [-0.2, -0.15) is 0 Å². The molecule has 1 aromatic rings. The summed E-state index contributed by atoms with van der Waals surface area (Å²) in [6, 6.07) is 2.17. The second kappa shape index (κ2) is 5.33. The Morgan fingerprint density at radius 1 is 1.43 bits per heavy atom. The van der Waals surface area contributed by atoms with E-state index in [1.165, 1.54) is 24.1 Å². The minimum Gasteiger partial charge on any atom is -0.367 e. The van der Waals surface area contributed by atoms with Crippen LogP contribution in [-0.2, 0) is 4.74 Å². The van der Waals surface area contributed by atoms with Crippen LogP contribution in [0.5, 0.6) is 0 Å². The van der Waals surface area contributed by atoms with Gasteiger partial charge in [-0.3, -0.25) is 0 Å². The number of nitrogens with two attached hydrogens (primary N) is 1. The van der Waals surface area contributed by atoms with Gasteiger partial charge in [-0.05, 0) is 64.9 Å². The first-order chi connectivity index (χ1) is 9.75. The minimum atomic E-state index is 0.0123. The zero-order valence-corrected chi connectivity index (χ0v) is 15.8. The van der Waals surface area contributed by atoms with E-state index < -0.39 is 0 Å². The highest BCUT2D eigenvalue weighted by molar-refractivity contribution is 9.10. The second-order valence-corrected chi connectivity index (χ2v) is 9.54. The Bertz CT molecular complexity index is 527. The summed E-state index contributed by atoms with van der Waals surface area (Å²) in [4.78, 5) is 1.24. The molecule has 3 rings (SSSR count). The molecule has 0 amide bonds. The number of hydrogen-bond donors (Lipinski definition) is 1. The van der Waals surface area contributed by atoms with Gasteiger partial charge in [0, 0.05) is 20.8 Å². The lowest BCUT2D eigenvalue weighted by Gasteiger charge is -2.40. The van der Waals surface area contributed by atoms with Crippen molar-refractivity contribution in [3.63, 3.8) is 0 Å². The first kappa shape index (κ1) is 16.0. The van der Waals surface area contributed by atoms with E-state index in [2.05, 4.69) is 55.1 Å². The first-order valence-electron chi connectivity index (χ1n) is 7.90. The number of fused-ring (bicyclic) bond motifs is 2. The third-order valence-electron chi connectivity index (χ3n) is 6.37. The van der Waals surface area contributed by atoms with Crippen molar-refractivity contribution in [2.45, 2.75) is 65.2 Å². The van der Waals surface area contributed by atoms with E-state index in [0.29, 0.717) is 16.9 Å². The summed E-state index contributed by atoms with van der Waals surface area (Å²) in [7, 11) is 0. The van der Waals surface area contributed by atoms with Gasteiger partial charge in [0.2, 0.25) is 0 Å². The molecule has 2 N–H and O–H groups in total. The van der Waals surface area contributed by atoms with Gasteiger partial charge >= 0.3 is 0 Å². The molecule has 118 valence electrons. The number of halogens is 1. The highest BCUT2D eigenvalue weighted by Crippen LogP contribution is 2.66. The van der Waals surface area contributed by atoms with Gasteiger partial charge in [-0.1, -0.05) is 20.8 Å². The van der Waals surface area contributed by atoms with Crippen LogP contribution in [0.3, 0.4) is 0 Å². The number of ether oxygens (including phenoxy) is 1. The van der Waals surface area contributed by atoms with Gasteiger partial charge in [-0.25, -0.2) is 0 Å². The molecule has 5 unspecified atom stereocenters. The van der Waals surface area contributed by atoms with Crippen LogP contribution < -0.4 is 5.73 Å². The van der Waals surface area contributed by atoms with Crippen molar-refractivity contribution in [3.05, 3.63) is 20.8 Å². The van der Waals surface area contributed by atoms with Crippen molar-refractivity contribution < 1.29 is 4.74 Å². The molecule has 0 radical (unpaired) electrons. The zero-order chi connectivity index (χ0) is 15.4. The lowest BCUT2D eigenvalue weighted by atomic mass is 9.70. The molecule has 2 nitrogen and oxygen atoms in total. The molecule has 0 spiro atoms. The fraction of sp³-hybridized carbons (Fsp3) is 0.765. The van der Waals surface area contributed by atoms with Gasteiger partial charge in [-0.15, -0.1) is 11.3 Å². The van der Waals surface area contributed by atoms with Gasteiger partial charge in [0.25, 0.3) is 0 Å². The molecule has 5 atom stereocenters. The molecule has 2 aliphatic rings. The predicted octanol–water partition coefficient (Wildman–Crippen LogP) is 5.13. The third kappa shape index (κ3) is 2.43. The Morgan fingerprint density at radius 2 is 2.14 bits per heavy atom. The lowest BCUT2D eigenvalue weighted by molar-refractivity contribution is -0.0931. The molecule has 2 aliphatic carbocycles. The molecule has 2 fully saturated rings. The van der Waals surface area contributed by atoms with E-state index in [1.807, 2.05) is 0 Å². The normalized spacial score (nSPS) is 36.9. The Morgan fingerprint density at radius 3 is 2.57 bits per heavy atom. The summed E-state index contributed by atoms with van der Waals surface area (Å²) in [6.07, 6.45) is 4.19. The van der Waals surface area contributed by atoms with Crippen molar-refractivity contribution in [2.75, 3.05) is 0 Å². The van der Waals surface area contributed by atoms with Crippen molar-refractivity contribution in [1.29, 1.82) is 0 Å². The molecule has 2 saturated carbocycles. The van der Waals surface area contributed by atoms with Crippen LogP contribution >= 0.6 is 27.3 Å². The third-order valence-corrected chi connectivity index (χ3v) is 8.13. The van der Waals surface area contributed by atoms with E-state index in [9.17, 15) is 0 Å². The highest BCUT2D eigenvalue weighted by Gasteiger charge is 2.62. The number of thiophene rings is 1. The molecule has 0 saturated heterocycles. The number of rotatable bonds is 4. The minimum absolute atomic E-state index is 0.0123. The van der Waals surface area contributed by atoms with Crippen LogP contribution in [-0.4, -0.2) is 12.1 Å². The molecular formula is C17H26BrNOS. The monoisotopic (exact) mass is 371 g/mol. The van der Waals surface area contributed by atoms with Crippen LogP contribution in [0.25, 0.3) is 0 Å². The molecule has 21 heavy (non-hydrogen) atoms. The van der Waals surface area contributed by atoms with E-state index in [1.54, 1.807) is 11.3 Å². The summed E-state index contributed by atoms with van der Waals surface area (Å²) in [6.45, 7) is 9.33. The topological polar surface area (TPSA) is 35.2 Å². The van der Waals surface area contributed by atoms with Gasteiger partial charge in [0.1, 0.15) is 6.10 Å².